The maximum absolute atomic E-state index is 14.1. The maximum Gasteiger partial charge on any atom is 0.264 e. The van der Waals surface area contributed by atoms with Crippen LogP contribution in [-0.2, 0) is 26.2 Å². The first-order valence-corrected chi connectivity index (χ1v) is 15.2. The average Bonchev–Trinajstić information content (AvgIpc) is 2.89. The van der Waals surface area contributed by atoms with Crippen molar-refractivity contribution in [3.8, 4) is 0 Å². The number of aryl methyl sites for hydroxylation is 2. The Balaban J connectivity index is 2.08. The van der Waals surface area contributed by atoms with E-state index in [-0.39, 0.29) is 23.4 Å². The molecule has 0 spiro atoms. The molecule has 0 unspecified atom stereocenters. The smallest absolute Gasteiger partial charge is 0.264 e. The van der Waals surface area contributed by atoms with Gasteiger partial charge in [0.1, 0.15) is 12.6 Å². The van der Waals surface area contributed by atoms with Crippen LogP contribution in [0.5, 0.6) is 0 Å². The lowest BCUT2D eigenvalue weighted by Crippen LogP contribution is -2.53. The number of benzene rings is 3. The van der Waals surface area contributed by atoms with Crippen molar-refractivity contribution < 1.29 is 18.0 Å². The minimum Gasteiger partial charge on any atom is -0.352 e. The summed E-state index contributed by atoms with van der Waals surface area (Å²) >= 11 is 12.1. The van der Waals surface area contributed by atoms with E-state index >= 15 is 0 Å². The van der Waals surface area contributed by atoms with E-state index in [2.05, 4.69) is 5.32 Å². The number of hydrogen-bond acceptors (Lipinski definition) is 4. The van der Waals surface area contributed by atoms with Crippen LogP contribution in [0.2, 0.25) is 10.0 Å². The van der Waals surface area contributed by atoms with Gasteiger partial charge in [-0.2, -0.15) is 0 Å². The highest BCUT2D eigenvalue weighted by molar-refractivity contribution is 7.92. The molecule has 1 N–H and O–H groups in total. The molecule has 3 rings (SSSR count). The molecule has 0 bridgehead atoms. The van der Waals surface area contributed by atoms with Crippen LogP contribution in [0.4, 0.5) is 5.69 Å². The van der Waals surface area contributed by atoms with E-state index in [1.54, 1.807) is 36.4 Å². The minimum atomic E-state index is -4.17. The Morgan fingerprint density at radius 1 is 0.875 bits per heavy atom. The van der Waals surface area contributed by atoms with Crippen LogP contribution < -0.4 is 9.62 Å². The van der Waals surface area contributed by atoms with Gasteiger partial charge in [-0.15, -0.1) is 0 Å². The Bertz CT molecular complexity index is 1440. The van der Waals surface area contributed by atoms with Crippen LogP contribution in [0.25, 0.3) is 0 Å². The van der Waals surface area contributed by atoms with Crippen molar-refractivity contribution in [1.29, 1.82) is 0 Å². The number of sulfonamides is 1. The zero-order valence-electron chi connectivity index (χ0n) is 23.3. The number of nitrogens with one attached hydrogen (secondary N) is 1. The second-order valence-electron chi connectivity index (χ2n) is 9.97. The van der Waals surface area contributed by atoms with E-state index in [4.69, 9.17) is 23.2 Å². The summed E-state index contributed by atoms with van der Waals surface area (Å²) in [5, 5.41) is 3.82. The van der Waals surface area contributed by atoms with Gasteiger partial charge in [0.05, 0.1) is 10.6 Å². The standard InChI is InChI=1S/C30H35Cl2N3O4S/c1-6-28(30(37)33-20(2)3)34(18-23-8-10-24(31)11-9-23)29(36)19-35(26-14-7-21(4)22(5)17-26)40(38,39)27-15-12-25(32)13-16-27/h7-17,20,28H,6,18-19H2,1-5H3,(H,33,37)/t28-/m1/s1. The van der Waals surface area contributed by atoms with Crippen LogP contribution >= 0.6 is 23.2 Å². The molecule has 0 aromatic heterocycles. The minimum absolute atomic E-state index is 0.00299. The first-order valence-electron chi connectivity index (χ1n) is 13.0. The topological polar surface area (TPSA) is 86.8 Å². The summed E-state index contributed by atoms with van der Waals surface area (Å²) in [4.78, 5) is 28.7. The average molecular weight is 605 g/mol. The number of carbonyl (C=O) groups excluding carboxylic acids is 2. The van der Waals surface area contributed by atoms with E-state index in [1.165, 1.54) is 29.2 Å². The third-order valence-corrected chi connectivity index (χ3v) is 8.83. The highest BCUT2D eigenvalue weighted by atomic mass is 35.5. The highest BCUT2D eigenvalue weighted by Gasteiger charge is 2.34. The van der Waals surface area contributed by atoms with Gasteiger partial charge in [0.15, 0.2) is 0 Å². The molecule has 0 aliphatic rings. The third kappa shape index (κ3) is 7.77. The number of rotatable bonds is 11. The van der Waals surface area contributed by atoms with E-state index < -0.39 is 28.5 Å². The molecule has 0 heterocycles. The summed E-state index contributed by atoms with van der Waals surface area (Å²) in [7, 11) is -4.17. The molecule has 0 saturated carbocycles. The number of halogens is 2. The first kappa shape index (κ1) is 31.5. The molecule has 0 fully saturated rings. The molecule has 0 saturated heterocycles. The Morgan fingerprint density at radius 2 is 1.45 bits per heavy atom. The molecule has 214 valence electrons. The second-order valence-corrected chi connectivity index (χ2v) is 12.7. The zero-order chi connectivity index (χ0) is 29.6. The number of hydrogen-bond donors (Lipinski definition) is 1. The summed E-state index contributed by atoms with van der Waals surface area (Å²) in [6.07, 6.45) is 0.339. The van der Waals surface area contributed by atoms with E-state index in [1.807, 2.05) is 40.7 Å². The summed E-state index contributed by atoms with van der Waals surface area (Å²) in [6.45, 7) is 8.90. The molecule has 3 aromatic carbocycles. The van der Waals surface area contributed by atoms with Crippen LogP contribution in [0.1, 0.15) is 43.9 Å². The number of carbonyl (C=O) groups is 2. The molecule has 0 aliphatic carbocycles. The van der Waals surface area contributed by atoms with Crippen LogP contribution in [-0.4, -0.2) is 43.8 Å². The maximum atomic E-state index is 14.1. The lowest BCUT2D eigenvalue weighted by atomic mass is 10.1. The molecule has 0 radical (unpaired) electrons. The molecular formula is C30H35Cl2N3O4S. The molecule has 3 aromatic rings. The van der Waals surface area contributed by atoms with Crippen molar-refractivity contribution in [2.24, 2.45) is 0 Å². The van der Waals surface area contributed by atoms with Gasteiger partial charge in [-0.25, -0.2) is 8.42 Å². The predicted molar refractivity (Wildman–Crippen MR) is 161 cm³/mol. The van der Waals surface area contributed by atoms with Crippen LogP contribution in [0, 0.1) is 13.8 Å². The predicted octanol–water partition coefficient (Wildman–Crippen LogP) is 6.14. The summed E-state index contributed by atoms with van der Waals surface area (Å²) in [5.74, 6) is -0.824. The monoisotopic (exact) mass is 603 g/mol. The van der Waals surface area contributed by atoms with Crippen molar-refractivity contribution in [2.75, 3.05) is 10.8 Å². The van der Waals surface area contributed by atoms with Crippen molar-refractivity contribution in [3.63, 3.8) is 0 Å². The SMILES string of the molecule is CC[C@H](C(=O)NC(C)C)N(Cc1ccc(Cl)cc1)C(=O)CN(c1ccc(C)c(C)c1)S(=O)(=O)c1ccc(Cl)cc1. The largest absolute Gasteiger partial charge is 0.352 e. The number of nitrogens with zero attached hydrogens (tertiary/aromatic N) is 2. The Hall–Kier alpha value is -3.07. The summed E-state index contributed by atoms with van der Waals surface area (Å²) in [6, 6.07) is 17.1. The lowest BCUT2D eigenvalue weighted by Gasteiger charge is -2.33. The van der Waals surface area contributed by atoms with Gasteiger partial charge in [0.2, 0.25) is 11.8 Å². The highest BCUT2D eigenvalue weighted by Crippen LogP contribution is 2.27. The van der Waals surface area contributed by atoms with Crippen molar-refractivity contribution in [1.82, 2.24) is 10.2 Å². The van der Waals surface area contributed by atoms with E-state index in [9.17, 15) is 18.0 Å². The fraction of sp³-hybridized carbons (Fsp3) is 0.333. The van der Waals surface area contributed by atoms with Crippen molar-refractivity contribution >= 4 is 50.7 Å². The molecule has 10 heteroatoms. The first-order chi connectivity index (χ1) is 18.8. The Labute approximate surface area is 247 Å². The van der Waals surface area contributed by atoms with Gasteiger partial charge in [0.25, 0.3) is 10.0 Å². The Morgan fingerprint density at radius 3 is 1.98 bits per heavy atom. The number of amides is 2. The normalized spacial score (nSPS) is 12.2. The molecule has 7 nitrogen and oxygen atoms in total. The van der Waals surface area contributed by atoms with Gasteiger partial charge in [-0.05, 0) is 99.3 Å². The van der Waals surface area contributed by atoms with Gasteiger partial charge in [-0.3, -0.25) is 13.9 Å². The lowest BCUT2D eigenvalue weighted by molar-refractivity contribution is -0.140. The zero-order valence-corrected chi connectivity index (χ0v) is 25.6. The van der Waals surface area contributed by atoms with Gasteiger partial charge in [0, 0.05) is 22.6 Å². The van der Waals surface area contributed by atoms with E-state index in [0.717, 1.165) is 21.0 Å². The van der Waals surface area contributed by atoms with Gasteiger partial charge >= 0.3 is 0 Å². The number of anilines is 1. The molecule has 2 amide bonds. The van der Waals surface area contributed by atoms with Crippen LogP contribution in [0.3, 0.4) is 0 Å². The quantitative estimate of drug-likeness (QED) is 0.285. The van der Waals surface area contributed by atoms with E-state index in [0.29, 0.717) is 22.2 Å². The molecular weight excluding hydrogens is 569 g/mol. The van der Waals surface area contributed by atoms with Crippen LogP contribution in [0.15, 0.2) is 71.6 Å². The van der Waals surface area contributed by atoms with Crippen molar-refractivity contribution in [2.45, 2.75) is 64.6 Å². The summed E-state index contributed by atoms with van der Waals surface area (Å²) in [5.41, 5.74) is 2.96. The second kappa shape index (κ2) is 13.5. The van der Waals surface area contributed by atoms with Gasteiger partial charge < -0.3 is 10.2 Å². The fourth-order valence-corrected chi connectivity index (χ4v) is 5.89. The third-order valence-electron chi connectivity index (χ3n) is 6.54. The Kier molecular flexibility index (Phi) is 10.6. The molecule has 40 heavy (non-hydrogen) atoms. The summed E-state index contributed by atoms with van der Waals surface area (Å²) < 4.78 is 29.0. The molecule has 0 aliphatic heterocycles. The molecule has 1 atom stereocenters. The van der Waals surface area contributed by atoms with Crippen molar-refractivity contribution in [3.05, 3.63) is 93.5 Å². The fourth-order valence-electron chi connectivity index (χ4n) is 4.23. The van der Waals surface area contributed by atoms with Gasteiger partial charge in [-0.1, -0.05) is 48.3 Å².